The Morgan fingerprint density at radius 2 is 1.53 bits per heavy atom. The number of aryl methyl sites for hydroxylation is 1. The molecule has 1 nitrogen and oxygen atoms in total. The van der Waals surface area contributed by atoms with E-state index in [0.29, 0.717) is 23.1 Å². The third kappa shape index (κ3) is 5.48. The van der Waals surface area contributed by atoms with Crippen molar-refractivity contribution in [3.8, 4) is 16.9 Å². The summed E-state index contributed by atoms with van der Waals surface area (Å²) in [6.45, 7) is 3.66. The van der Waals surface area contributed by atoms with Crippen LogP contribution < -0.4 is 4.74 Å². The van der Waals surface area contributed by atoms with Crippen LogP contribution in [0.15, 0.2) is 48.5 Å². The van der Waals surface area contributed by atoms with Crippen molar-refractivity contribution in [3.63, 3.8) is 0 Å². The highest BCUT2D eigenvalue weighted by atomic mass is 19.2. The lowest BCUT2D eigenvalue weighted by Crippen LogP contribution is -2.13. The molecule has 0 unspecified atom stereocenters. The van der Waals surface area contributed by atoms with E-state index in [9.17, 15) is 22.0 Å². The molecular formula is C30H29F5O. The molecule has 1 fully saturated rings. The number of hydrogen-bond donors (Lipinski definition) is 0. The predicted molar refractivity (Wildman–Crippen MR) is 132 cm³/mol. The Labute approximate surface area is 208 Å². The van der Waals surface area contributed by atoms with Crippen molar-refractivity contribution < 1.29 is 26.7 Å². The lowest BCUT2D eigenvalue weighted by molar-refractivity contribution is 0.295. The predicted octanol–water partition coefficient (Wildman–Crippen LogP) is 9.13. The van der Waals surface area contributed by atoms with Gasteiger partial charge in [0.25, 0.3) is 0 Å². The molecule has 0 amide bonds. The second-order valence-electron chi connectivity index (χ2n) is 9.40. The maximum absolute atomic E-state index is 14.8. The third-order valence-corrected chi connectivity index (χ3v) is 6.87. The first kappa shape index (κ1) is 25.9. The minimum Gasteiger partial charge on any atom is -0.490 e. The SMILES string of the molecule is CCCOc1ccc(-c2ccc(/C=C/C3CCC(c4ccc(C)c(F)c4F)CC3)cc2F)c(F)c1F. The third-order valence-electron chi connectivity index (χ3n) is 6.87. The Bertz CT molecular complexity index is 1260. The van der Waals surface area contributed by atoms with Gasteiger partial charge in [0.1, 0.15) is 5.82 Å². The molecule has 0 aliphatic heterocycles. The lowest BCUT2D eigenvalue weighted by atomic mass is 9.78. The van der Waals surface area contributed by atoms with E-state index < -0.39 is 29.1 Å². The summed E-state index contributed by atoms with van der Waals surface area (Å²) in [5.41, 5.74) is 1.15. The molecule has 1 aliphatic carbocycles. The summed E-state index contributed by atoms with van der Waals surface area (Å²) < 4.78 is 77.2. The van der Waals surface area contributed by atoms with Gasteiger partial charge in [-0.05, 0) is 85.8 Å². The van der Waals surface area contributed by atoms with Gasteiger partial charge in [-0.25, -0.2) is 17.6 Å². The van der Waals surface area contributed by atoms with Crippen LogP contribution in [0.1, 0.15) is 61.6 Å². The Morgan fingerprint density at radius 3 is 2.22 bits per heavy atom. The van der Waals surface area contributed by atoms with Gasteiger partial charge in [-0.1, -0.05) is 43.3 Å². The standard InChI is InChI=1S/C30H29F5O/c1-3-16-36-26-15-14-24(29(34)30(26)35)23-13-9-20(17-25(23)31)6-5-19-7-10-21(11-8-19)22-12-4-18(2)27(32)28(22)33/h4-6,9,12-15,17,19,21H,3,7-8,10-11,16H2,1-2H3/b6-5+. The van der Waals surface area contributed by atoms with Crippen molar-refractivity contribution >= 4 is 6.08 Å². The molecule has 0 N–H and O–H groups in total. The molecule has 0 spiro atoms. The smallest absolute Gasteiger partial charge is 0.201 e. The van der Waals surface area contributed by atoms with Gasteiger partial charge in [-0.3, -0.25) is 0 Å². The average Bonchev–Trinajstić information content (AvgIpc) is 2.88. The Kier molecular flexibility index (Phi) is 8.12. The van der Waals surface area contributed by atoms with Crippen molar-refractivity contribution in [2.24, 2.45) is 5.92 Å². The minimum atomic E-state index is -1.15. The zero-order valence-corrected chi connectivity index (χ0v) is 20.4. The molecule has 0 aromatic heterocycles. The summed E-state index contributed by atoms with van der Waals surface area (Å²) in [4.78, 5) is 0. The molecule has 0 atom stereocenters. The van der Waals surface area contributed by atoms with Gasteiger partial charge in [0.2, 0.25) is 5.82 Å². The van der Waals surface area contributed by atoms with E-state index in [0.717, 1.165) is 25.7 Å². The molecule has 1 aliphatic rings. The quantitative estimate of drug-likeness (QED) is 0.294. The van der Waals surface area contributed by atoms with E-state index in [2.05, 4.69) is 0 Å². The Morgan fingerprint density at radius 1 is 0.806 bits per heavy atom. The van der Waals surface area contributed by atoms with Gasteiger partial charge in [0.15, 0.2) is 23.2 Å². The fourth-order valence-corrected chi connectivity index (χ4v) is 4.76. The van der Waals surface area contributed by atoms with E-state index in [4.69, 9.17) is 4.74 Å². The Hall–Kier alpha value is -3.15. The molecule has 0 bridgehead atoms. The molecule has 6 heteroatoms. The van der Waals surface area contributed by atoms with Crippen molar-refractivity contribution in [3.05, 3.63) is 94.3 Å². The summed E-state index contributed by atoms with van der Waals surface area (Å²) >= 11 is 0. The van der Waals surface area contributed by atoms with Crippen LogP contribution >= 0.6 is 0 Å². The van der Waals surface area contributed by atoms with Gasteiger partial charge >= 0.3 is 0 Å². The van der Waals surface area contributed by atoms with E-state index in [-0.39, 0.29) is 35.3 Å². The van der Waals surface area contributed by atoms with Gasteiger partial charge in [0.05, 0.1) is 6.61 Å². The fourth-order valence-electron chi connectivity index (χ4n) is 4.76. The van der Waals surface area contributed by atoms with Crippen molar-refractivity contribution in [1.82, 2.24) is 0 Å². The monoisotopic (exact) mass is 500 g/mol. The maximum Gasteiger partial charge on any atom is 0.201 e. The molecule has 0 heterocycles. The first-order chi connectivity index (χ1) is 17.3. The van der Waals surface area contributed by atoms with Crippen LogP contribution in [0.25, 0.3) is 17.2 Å². The van der Waals surface area contributed by atoms with Crippen LogP contribution in [0.5, 0.6) is 5.75 Å². The van der Waals surface area contributed by atoms with Gasteiger partial charge < -0.3 is 4.74 Å². The molecule has 190 valence electrons. The van der Waals surface area contributed by atoms with Crippen LogP contribution in [-0.4, -0.2) is 6.61 Å². The average molecular weight is 501 g/mol. The van der Waals surface area contributed by atoms with Crippen LogP contribution in [0.4, 0.5) is 22.0 Å². The number of allylic oxidation sites excluding steroid dienone is 1. The van der Waals surface area contributed by atoms with Crippen molar-refractivity contribution in [2.45, 2.75) is 51.9 Å². The van der Waals surface area contributed by atoms with Crippen LogP contribution in [0, 0.1) is 41.9 Å². The highest BCUT2D eigenvalue weighted by Gasteiger charge is 2.25. The number of benzene rings is 3. The van der Waals surface area contributed by atoms with E-state index >= 15 is 0 Å². The van der Waals surface area contributed by atoms with Crippen LogP contribution in [0.2, 0.25) is 0 Å². The molecule has 36 heavy (non-hydrogen) atoms. The van der Waals surface area contributed by atoms with Crippen molar-refractivity contribution in [2.75, 3.05) is 6.61 Å². The van der Waals surface area contributed by atoms with Crippen LogP contribution in [-0.2, 0) is 0 Å². The summed E-state index contributed by atoms with van der Waals surface area (Å²) in [5.74, 6) is -4.42. The Balaban J connectivity index is 1.42. The molecule has 4 rings (SSSR count). The molecule has 3 aromatic rings. The van der Waals surface area contributed by atoms with Crippen molar-refractivity contribution in [1.29, 1.82) is 0 Å². The summed E-state index contributed by atoms with van der Waals surface area (Å²) in [6, 6.07) is 10.3. The first-order valence-electron chi connectivity index (χ1n) is 12.3. The number of hydrogen-bond acceptors (Lipinski definition) is 1. The molecule has 0 saturated heterocycles. The van der Waals surface area contributed by atoms with E-state index in [1.165, 1.54) is 24.3 Å². The maximum atomic E-state index is 14.8. The minimum absolute atomic E-state index is 0.0180. The molecule has 1 saturated carbocycles. The van der Waals surface area contributed by atoms with Gasteiger partial charge in [0, 0.05) is 11.1 Å². The molecular weight excluding hydrogens is 471 g/mol. The highest BCUT2D eigenvalue weighted by Crippen LogP contribution is 2.38. The van der Waals surface area contributed by atoms with E-state index in [1.54, 1.807) is 25.1 Å². The van der Waals surface area contributed by atoms with Gasteiger partial charge in [-0.2, -0.15) is 4.39 Å². The fraction of sp³-hybridized carbons (Fsp3) is 0.333. The second kappa shape index (κ2) is 11.3. The molecule has 0 radical (unpaired) electrons. The van der Waals surface area contributed by atoms with E-state index in [1.807, 2.05) is 19.1 Å². The zero-order valence-electron chi connectivity index (χ0n) is 20.4. The first-order valence-corrected chi connectivity index (χ1v) is 12.3. The zero-order chi connectivity index (χ0) is 25.8. The lowest BCUT2D eigenvalue weighted by Gasteiger charge is -2.27. The normalized spacial score (nSPS) is 18.1. The summed E-state index contributed by atoms with van der Waals surface area (Å²) in [7, 11) is 0. The summed E-state index contributed by atoms with van der Waals surface area (Å²) in [6.07, 6.45) is 7.56. The second-order valence-corrected chi connectivity index (χ2v) is 9.40. The van der Waals surface area contributed by atoms with Gasteiger partial charge in [-0.15, -0.1) is 0 Å². The number of ether oxygens (including phenoxy) is 1. The summed E-state index contributed by atoms with van der Waals surface area (Å²) in [5, 5.41) is 0. The largest absolute Gasteiger partial charge is 0.490 e. The number of halogens is 5. The number of rotatable bonds is 7. The highest BCUT2D eigenvalue weighted by molar-refractivity contribution is 5.68. The topological polar surface area (TPSA) is 9.23 Å². The molecule has 3 aromatic carbocycles. The van der Waals surface area contributed by atoms with Crippen LogP contribution in [0.3, 0.4) is 0 Å².